The standard InChI is InChI=1S/C13H11N3O/c1-8-16-12-3-2-9(5-13(12)17-8)10-4-11(14)7-15-6-10/h2-7H,14H2,1H3. The van der Waals surface area contributed by atoms with Crippen LogP contribution in [0.1, 0.15) is 5.89 Å². The fourth-order valence-electron chi connectivity index (χ4n) is 1.83. The molecular formula is C13H11N3O. The highest BCUT2D eigenvalue weighted by Gasteiger charge is 2.05. The highest BCUT2D eigenvalue weighted by atomic mass is 16.3. The van der Waals surface area contributed by atoms with Crippen molar-refractivity contribution in [3.05, 3.63) is 42.5 Å². The van der Waals surface area contributed by atoms with Crippen LogP contribution in [-0.4, -0.2) is 9.97 Å². The van der Waals surface area contributed by atoms with E-state index in [2.05, 4.69) is 9.97 Å². The molecule has 0 amide bonds. The summed E-state index contributed by atoms with van der Waals surface area (Å²) in [6.45, 7) is 1.84. The molecule has 17 heavy (non-hydrogen) atoms. The Morgan fingerprint density at radius 3 is 2.82 bits per heavy atom. The zero-order valence-electron chi connectivity index (χ0n) is 9.34. The normalized spacial score (nSPS) is 10.9. The molecule has 3 aromatic rings. The third kappa shape index (κ3) is 1.73. The van der Waals surface area contributed by atoms with Gasteiger partial charge in [0.05, 0.1) is 5.69 Å². The van der Waals surface area contributed by atoms with Gasteiger partial charge in [-0.3, -0.25) is 4.98 Å². The van der Waals surface area contributed by atoms with Crippen LogP contribution in [0.4, 0.5) is 5.69 Å². The number of anilines is 1. The van der Waals surface area contributed by atoms with Crippen LogP contribution in [-0.2, 0) is 0 Å². The molecule has 2 heterocycles. The summed E-state index contributed by atoms with van der Waals surface area (Å²) >= 11 is 0. The molecule has 2 N–H and O–H groups in total. The summed E-state index contributed by atoms with van der Waals surface area (Å²) in [4.78, 5) is 8.33. The average Bonchev–Trinajstić information content (AvgIpc) is 2.68. The number of nitrogen functional groups attached to an aromatic ring is 1. The van der Waals surface area contributed by atoms with E-state index in [-0.39, 0.29) is 0 Å². The molecule has 0 radical (unpaired) electrons. The number of oxazole rings is 1. The molecule has 84 valence electrons. The summed E-state index contributed by atoms with van der Waals surface area (Å²) in [7, 11) is 0. The molecule has 4 heteroatoms. The summed E-state index contributed by atoms with van der Waals surface area (Å²) in [5.74, 6) is 0.669. The maximum absolute atomic E-state index is 5.71. The number of aryl methyl sites for hydroxylation is 1. The van der Waals surface area contributed by atoms with Crippen molar-refractivity contribution in [2.24, 2.45) is 0 Å². The predicted octanol–water partition coefficient (Wildman–Crippen LogP) is 2.78. The molecular weight excluding hydrogens is 214 g/mol. The van der Waals surface area contributed by atoms with Crippen molar-refractivity contribution in [2.45, 2.75) is 6.92 Å². The quantitative estimate of drug-likeness (QED) is 0.691. The second-order valence-corrected chi connectivity index (χ2v) is 3.92. The first-order valence-corrected chi connectivity index (χ1v) is 5.30. The van der Waals surface area contributed by atoms with E-state index in [1.807, 2.05) is 31.2 Å². The highest BCUT2D eigenvalue weighted by Crippen LogP contribution is 2.25. The largest absolute Gasteiger partial charge is 0.441 e. The molecule has 0 saturated carbocycles. The maximum Gasteiger partial charge on any atom is 0.192 e. The van der Waals surface area contributed by atoms with Gasteiger partial charge in [-0.05, 0) is 23.8 Å². The third-order valence-corrected chi connectivity index (χ3v) is 2.59. The molecule has 1 aromatic carbocycles. The SMILES string of the molecule is Cc1nc2ccc(-c3cncc(N)c3)cc2o1. The first kappa shape index (κ1) is 9.84. The Kier molecular flexibility index (Phi) is 2.08. The summed E-state index contributed by atoms with van der Waals surface area (Å²) in [5, 5.41) is 0. The van der Waals surface area contributed by atoms with Crippen LogP contribution in [0.3, 0.4) is 0 Å². The monoisotopic (exact) mass is 225 g/mol. The Morgan fingerprint density at radius 1 is 1.12 bits per heavy atom. The molecule has 2 aromatic heterocycles. The molecule has 0 aliphatic rings. The van der Waals surface area contributed by atoms with Gasteiger partial charge < -0.3 is 10.2 Å². The average molecular weight is 225 g/mol. The molecule has 0 bridgehead atoms. The van der Waals surface area contributed by atoms with E-state index in [0.717, 1.165) is 22.2 Å². The number of pyridine rings is 1. The highest BCUT2D eigenvalue weighted by molar-refractivity contribution is 5.80. The van der Waals surface area contributed by atoms with Gasteiger partial charge in [0.15, 0.2) is 11.5 Å². The smallest absolute Gasteiger partial charge is 0.192 e. The van der Waals surface area contributed by atoms with Crippen LogP contribution < -0.4 is 5.73 Å². The Bertz CT molecular complexity index is 688. The van der Waals surface area contributed by atoms with Crippen LogP contribution in [0.25, 0.3) is 22.2 Å². The van der Waals surface area contributed by atoms with Gasteiger partial charge in [-0.1, -0.05) is 6.07 Å². The number of nitrogens with zero attached hydrogens (tertiary/aromatic N) is 2. The van der Waals surface area contributed by atoms with Gasteiger partial charge in [0.25, 0.3) is 0 Å². The number of nitrogens with two attached hydrogens (primary N) is 1. The van der Waals surface area contributed by atoms with Crippen LogP contribution in [0.2, 0.25) is 0 Å². The molecule has 0 aliphatic heterocycles. The predicted molar refractivity (Wildman–Crippen MR) is 66.4 cm³/mol. The van der Waals surface area contributed by atoms with Crippen molar-refractivity contribution in [3.8, 4) is 11.1 Å². The first-order chi connectivity index (χ1) is 8.22. The molecule has 0 fully saturated rings. The Hall–Kier alpha value is -2.36. The molecule has 3 rings (SSSR count). The number of benzene rings is 1. The fraction of sp³-hybridized carbons (Fsp3) is 0.0769. The van der Waals surface area contributed by atoms with E-state index in [4.69, 9.17) is 10.2 Å². The fourth-order valence-corrected chi connectivity index (χ4v) is 1.83. The Morgan fingerprint density at radius 2 is 2.00 bits per heavy atom. The summed E-state index contributed by atoms with van der Waals surface area (Å²) in [6, 6.07) is 7.76. The molecule has 4 nitrogen and oxygen atoms in total. The lowest BCUT2D eigenvalue weighted by molar-refractivity contribution is 0.561. The van der Waals surface area contributed by atoms with Crippen LogP contribution in [0.15, 0.2) is 41.1 Å². The van der Waals surface area contributed by atoms with Gasteiger partial charge in [0.1, 0.15) is 5.52 Å². The van der Waals surface area contributed by atoms with E-state index >= 15 is 0 Å². The molecule has 0 spiro atoms. The molecule has 0 atom stereocenters. The van der Waals surface area contributed by atoms with E-state index < -0.39 is 0 Å². The minimum Gasteiger partial charge on any atom is -0.441 e. The molecule has 0 aliphatic carbocycles. The van der Waals surface area contributed by atoms with Crippen LogP contribution >= 0.6 is 0 Å². The number of fused-ring (bicyclic) bond motifs is 1. The van der Waals surface area contributed by atoms with Crippen molar-refractivity contribution < 1.29 is 4.42 Å². The van der Waals surface area contributed by atoms with Crippen molar-refractivity contribution in [2.75, 3.05) is 5.73 Å². The Balaban J connectivity index is 2.17. The van der Waals surface area contributed by atoms with Crippen molar-refractivity contribution in [3.63, 3.8) is 0 Å². The van der Waals surface area contributed by atoms with E-state index in [1.54, 1.807) is 12.4 Å². The van der Waals surface area contributed by atoms with Gasteiger partial charge >= 0.3 is 0 Å². The van der Waals surface area contributed by atoms with Gasteiger partial charge in [-0.25, -0.2) is 4.98 Å². The molecule has 0 unspecified atom stereocenters. The topological polar surface area (TPSA) is 64.9 Å². The maximum atomic E-state index is 5.71. The van der Waals surface area contributed by atoms with Gasteiger partial charge in [0, 0.05) is 24.9 Å². The van der Waals surface area contributed by atoms with Crippen LogP contribution in [0, 0.1) is 6.92 Å². The lowest BCUT2D eigenvalue weighted by Gasteiger charge is -2.01. The number of hydrogen-bond donors (Lipinski definition) is 1. The number of aromatic nitrogens is 2. The second kappa shape index (κ2) is 3.59. The summed E-state index contributed by atoms with van der Waals surface area (Å²) in [5.41, 5.74) is 10.0. The Labute approximate surface area is 98.1 Å². The lowest BCUT2D eigenvalue weighted by atomic mass is 10.1. The number of rotatable bonds is 1. The number of hydrogen-bond acceptors (Lipinski definition) is 4. The lowest BCUT2D eigenvalue weighted by Crippen LogP contribution is -1.87. The van der Waals surface area contributed by atoms with E-state index in [1.165, 1.54) is 0 Å². The van der Waals surface area contributed by atoms with Gasteiger partial charge in [-0.15, -0.1) is 0 Å². The second-order valence-electron chi connectivity index (χ2n) is 3.92. The summed E-state index contributed by atoms with van der Waals surface area (Å²) < 4.78 is 5.50. The van der Waals surface area contributed by atoms with Gasteiger partial charge in [-0.2, -0.15) is 0 Å². The van der Waals surface area contributed by atoms with Gasteiger partial charge in [0.2, 0.25) is 0 Å². The third-order valence-electron chi connectivity index (χ3n) is 2.59. The minimum absolute atomic E-state index is 0.649. The zero-order chi connectivity index (χ0) is 11.8. The first-order valence-electron chi connectivity index (χ1n) is 5.30. The van der Waals surface area contributed by atoms with E-state index in [9.17, 15) is 0 Å². The summed E-state index contributed by atoms with van der Waals surface area (Å²) in [6.07, 6.45) is 3.40. The van der Waals surface area contributed by atoms with E-state index in [0.29, 0.717) is 11.6 Å². The molecule has 0 saturated heterocycles. The minimum atomic E-state index is 0.649. The van der Waals surface area contributed by atoms with Crippen LogP contribution in [0.5, 0.6) is 0 Å². The van der Waals surface area contributed by atoms with Crippen molar-refractivity contribution in [1.82, 2.24) is 9.97 Å². The zero-order valence-corrected chi connectivity index (χ0v) is 9.34. The van der Waals surface area contributed by atoms with Crippen molar-refractivity contribution >= 4 is 16.8 Å². The van der Waals surface area contributed by atoms with Crippen molar-refractivity contribution in [1.29, 1.82) is 0 Å².